The lowest BCUT2D eigenvalue weighted by atomic mass is 10.0. The fourth-order valence-corrected chi connectivity index (χ4v) is 3.71. The first-order valence-electron chi connectivity index (χ1n) is 8.92. The molecule has 1 N–H and O–H groups in total. The quantitative estimate of drug-likeness (QED) is 0.617. The third-order valence-electron chi connectivity index (χ3n) is 4.93. The first kappa shape index (κ1) is 15.1. The van der Waals surface area contributed by atoms with E-state index in [-0.39, 0.29) is 6.04 Å². The van der Waals surface area contributed by atoms with Crippen LogP contribution >= 0.6 is 0 Å². The molecule has 0 spiro atoms. The van der Waals surface area contributed by atoms with Gasteiger partial charge in [0.05, 0.1) is 11.7 Å². The summed E-state index contributed by atoms with van der Waals surface area (Å²) in [6.07, 6.45) is 8.67. The highest BCUT2D eigenvalue weighted by Crippen LogP contribution is 2.34. The van der Waals surface area contributed by atoms with Crippen LogP contribution in [0.15, 0.2) is 55.1 Å². The van der Waals surface area contributed by atoms with Crippen LogP contribution in [-0.4, -0.2) is 36.1 Å². The summed E-state index contributed by atoms with van der Waals surface area (Å²) in [5.41, 5.74) is 1.98. The lowest BCUT2D eigenvalue weighted by molar-refractivity contribution is 0.452. The number of rotatable bonds is 3. The van der Waals surface area contributed by atoms with Crippen molar-refractivity contribution in [3.05, 3.63) is 60.9 Å². The predicted molar refractivity (Wildman–Crippen MR) is 98.7 cm³/mol. The van der Waals surface area contributed by atoms with Gasteiger partial charge in [-0.1, -0.05) is 30.3 Å². The van der Waals surface area contributed by atoms with Gasteiger partial charge in [0.2, 0.25) is 0 Å². The Bertz CT molecular complexity index is 1010. The SMILES string of the molecule is c1ccc(-c2cc(N3CCCC[C@@H]3c3ncc[nH]3)n3ncnc3n2)cc1. The second kappa shape index (κ2) is 6.25. The van der Waals surface area contributed by atoms with Crippen LogP contribution in [-0.2, 0) is 0 Å². The van der Waals surface area contributed by atoms with Crippen molar-refractivity contribution in [2.75, 3.05) is 11.4 Å². The molecule has 1 atom stereocenters. The summed E-state index contributed by atoms with van der Waals surface area (Å²) in [6, 6.07) is 12.5. The Labute approximate surface area is 150 Å². The first-order chi connectivity index (χ1) is 12.9. The molecule has 4 aromatic rings. The van der Waals surface area contributed by atoms with Crippen molar-refractivity contribution >= 4 is 11.6 Å². The van der Waals surface area contributed by atoms with Crippen molar-refractivity contribution in [1.29, 1.82) is 0 Å². The van der Waals surface area contributed by atoms with Crippen molar-refractivity contribution in [3.63, 3.8) is 0 Å². The number of hydrogen-bond donors (Lipinski definition) is 1. The van der Waals surface area contributed by atoms with Crippen molar-refractivity contribution in [1.82, 2.24) is 29.5 Å². The van der Waals surface area contributed by atoms with Gasteiger partial charge in [0.15, 0.2) is 0 Å². The minimum atomic E-state index is 0.206. The van der Waals surface area contributed by atoms with Crippen LogP contribution in [0.5, 0.6) is 0 Å². The highest BCUT2D eigenvalue weighted by Gasteiger charge is 2.28. The lowest BCUT2D eigenvalue weighted by Gasteiger charge is -2.36. The maximum Gasteiger partial charge on any atom is 0.254 e. The summed E-state index contributed by atoms with van der Waals surface area (Å²) in [6.45, 7) is 0.957. The summed E-state index contributed by atoms with van der Waals surface area (Å²) in [5, 5.41) is 4.42. The topological polar surface area (TPSA) is 75.0 Å². The van der Waals surface area contributed by atoms with Gasteiger partial charge in [0.25, 0.3) is 5.78 Å². The number of nitrogens with one attached hydrogen (secondary N) is 1. The average Bonchev–Trinajstić information content (AvgIpc) is 3.40. The van der Waals surface area contributed by atoms with Crippen LogP contribution in [0.25, 0.3) is 17.0 Å². The number of nitrogens with zero attached hydrogens (tertiary/aromatic N) is 6. The molecule has 0 bridgehead atoms. The molecular formula is C19H19N7. The fraction of sp³-hybridized carbons (Fsp3) is 0.263. The van der Waals surface area contributed by atoms with Gasteiger partial charge in [0, 0.05) is 30.6 Å². The number of piperidine rings is 1. The molecule has 130 valence electrons. The zero-order valence-corrected chi connectivity index (χ0v) is 14.3. The van der Waals surface area contributed by atoms with Crippen LogP contribution < -0.4 is 4.90 Å². The van der Waals surface area contributed by atoms with Gasteiger partial charge in [-0.05, 0) is 19.3 Å². The van der Waals surface area contributed by atoms with E-state index >= 15 is 0 Å². The molecule has 4 heterocycles. The molecule has 1 aliphatic heterocycles. The van der Waals surface area contributed by atoms with Crippen molar-refractivity contribution < 1.29 is 0 Å². The molecule has 1 aromatic carbocycles. The van der Waals surface area contributed by atoms with Crippen LogP contribution in [0, 0.1) is 0 Å². The second-order valence-electron chi connectivity index (χ2n) is 6.52. The Morgan fingerprint density at radius 2 is 2.00 bits per heavy atom. The molecule has 26 heavy (non-hydrogen) atoms. The third-order valence-corrected chi connectivity index (χ3v) is 4.93. The van der Waals surface area contributed by atoms with Gasteiger partial charge < -0.3 is 9.88 Å². The molecule has 7 nitrogen and oxygen atoms in total. The summed E-state index contributed by atoms with van der Waals surface area (Å²) in [4.78, 5) is 19.2. The Balaban J connectivity index is 1.66. The van der Waals surface area contributed by atoms with Gasteiger partial charge in [-0.15, -0.1) is 0 Å². The monoisotopic (exact) mass is 345 g/mol. The molecule has 5 rings (SSSR count). The molecule has 0 aliphatic carbocycles. The van der Waals surface area contributed by atoms with E-state index < -0.39 is 0 Å². The third kappa shape index (κ3) is 2.52. The van der Waals surface area contributed by atoms with E-state index in [9.17, 15) is 0 Å². The number of anilines is 1. The number of hydrogen-bond acceptors (Lipinski definition) is 5. The molecule has 7 heteroatoms. The Morgan fingerprint density at radius 1 is 1.08 bits per heavy atom. The zero-order chi connectivity index (χ0) is 17.3. The number of H-pyrrole nitrogens is 1. The number of fused-ring (bicyclic) bond motifs is 1. The van der Waals surface area contributed by atoms with E-state index in [0.717, 1.165) is 42.3 Å². The highest BCUT2D eigenvalue weighted by molar-refractivity contribution is 5.66. The Kier molecular flexibility index (Phi) is 3.62. The minimum absolute atomic E-state index is 0.206. The maximum atomic E-state index is 4.69. The van der Waals surface area contributed by atoms with Crippen molar-refractivity contribution in [2.24, 2.45) is 0 Å². The van der Waals surface area contributed by atoms with Gasteiger partial charge >= 0.3 is 0 Å². The molecule has 0 saturated carbocycles. The molecular weight excluding hydrogens is 326 g/mol. The smallest absolute Gasteiger partial charge is 0.254 e. The van der Waals surface area contributed by atoms with E-state index in [1.807, 2.05) is 35.1 Å². The van der Waals surface area contributed by atoms with Gasteiger partial charge in [0.1, 0.15) is 18.0 Å². The van der Waals surface area contributed by atoms with Crippen LogP contribution in [0.3, 0.4) is 0 Å². The Morgan fingerprint density at radius 3 is 2.85 bits per heavy atom. The number of aromatic amines is 1. The van der Waals surface area contributed by atoms with E-state index in [2.05, 4.69) is 48.1 Å². The molecule has 1 fully saturated rings. The number of benzene rings is 1. The summed E-state index contributed by atoms with van der Waals surface area (Å²) >= 11 is 0. The van der Waals surface area contributed by atoms with Crippen molar-refractivity contribution in [3.8, 4) is 11.3 Å². The normalized spacial score (nSPS) is 17.7. The first-order valence-corrected chi connectivity index (χ1v) is 8.92. The fourth-order valence-electron chi connectivity index (χ4n) is 3.71. The molecule has 1 saturated heterocycles. The lowest BCUT2D eigenvalue weighted by Crippen LogP contribution is -2.35. The number of imidazole rings is 1. The molecule has 1 aliphatic rings. The number of aromatic nitrogens is 6. The summed E-state index contributed by atoms with van der Waals surface area (Å²) in [5.74, 6) is 2.62. The van der Waals surface area contributed by atoms with Crippen LogP contribution in [0.1, 0.15) is 31.1 Å². The average molecular weight is 345 g/mol. The van der Waals surface area contributed by atoms with E-state index in [1.165, 1.54) is 6.42 Å². The van der Waals surface area contributed by atoms with E-state index in [1.54, 1.807) is 6.33 Å². The van der Waals surface area contributed by atoms with Gasteiger partial charge in [-0.2, -0.15) is 14.6 Å². The maximum absolute atomic E-state index is 4.69. The zero-order valence-electron chi connectivity index (χ0n) is 14.3. The second-order valence-corrected chi connectivity index (χ2v) is 6.52. The highest BCUT2D eigenvalue weighted by atomic mass is 15.4. The van der Waals surface area contributed by atoms with Crippen molar-refractivity contribution in [2.45, 2.75) is 25.3 Å². The van der Waals surface area contributed by atoms with Gasteiger partial charge in [-0.25, -0.2) is 9.97 Å². The molecule has 0 unspecified atom stereocenters. The molecule has 0 radical (unpaired) electrons. The van der Waals surface area contributed by atoms with Crippen LogP contribution in [0.2, 0.25) is 0 Å². The largest absolute Gasteiger partial charge is 0.347 e. The van der Waals surface area contributed by atoms with Gasteiger partial charge in [-0.3, -0.25) is 0 Å². The minimum Gasteiger partial charge on any atom is -0.347 e. The predicted octanol–water partition coefficient (Wildman–Crippen LogP) is 3.25. The van der Waals surface area contributed by atoms with Crippen LogP contribution in [0.4, 0.5) is 5.82 Å². The van der Waals surface area contributed by atoms with E-state index in [4.69, 9.17) is 0 Å². The van der Waals surface area contributed by atoms with E-state index in [0.29, 0.717) is 5.78 Å². The summed E-state index contributed by atoms with van der Waals surface area (Å²) < 4.78 is 1.83. The Hall–Kier alpha value is -3.22. The molecule has 3 aromatic heterocycles. The summed E-state index contributed by atoms with van der Waals surface area (Å²) in [7, 11) is 0. The molecule has 0 amide bonds. The standard InChI is InChI=1S/C19H19N7/c1-2-6-14(7-3-1)15-12-17(26-19(24-15)22-13-23-26)25-11-5-4-8-16(25)18-20-9-10-21-18/h1-3,6-7,9-10,12-13,16H,4-5,8,11H2,(H,20,21)/t16-/m1/s1.